The van der Waals surface area contributed by atoms with E-state index < -0.39 is 0 Å². The van der Waals surface area contributed by atoms with Crippen LogP contribution in [0.2, 0.25) is 0 Å². The fourth-order valence-corrected chi connectivity index (χ4v) is 5.92. The lowest BCUT2D eigenvalue weighted by Gasteiger charge is -2.36. The SMILES string of the molecule is Nc1c(C(=O)N2CCN(c3ccccc3)CC2)sc2nc(-c3ccccc3)cc(-c3ccccc3)c12. The highest BCUT2D eigenvalue weighted by Crippen LogP contribution is 2.41. The molecule has 0 bridgehead atoms. The number of rotatable bonds is 4. The van der Waals surface area contributed by atoms with E-state index in [4.69, 9.17) is 10.7 Å². The quantitative estimate of drug-likeness (QED) is 0.327. The number of fused-ring (bicyclic) bond motifs is 1. The van der Waals surface area contributed by atoms with E-state index in [1.807, 2.05) is 59.5 Å². The summed E-state index contributed by atoms with van der Waals surface area (Å²) in [5, 5.41) is 0.858. The number of piperazine rings is 1. The normalized spacial score (nSPS) is 13.8. The Morgan fingerprint density at radius 3 is 2.00 bits per heavy atom. The molecule has 1 aliphatic heterocycles. The van der Waals surface area contributed by atoms with Gasteiger partial charge in [0.15, 0.2) is 0 Å². The van der Waals surface area contributed by atoms with Crippen LogP contribution in [0, 0.1) is 0 Å². The van der Waals surface area contributed by atoms with Crippen molar-refractivity contribution in [3.8, 4) is 22.4 Å². The highest BCUT2D eigenvalue weighted by atomic mass is 32.1. The summed E-state index contributed by atoms with van der Waals surface area (Å²) in [6, 6.07) is 32.7. The fraction of sp³-hybridized carbons (Fsp3) is 0.133. The van der Waals surface area contributed by atoms with Crippen molar-refractivity contribution in [1.29, 1.82) is 0 Å². The molecule has 1 amide bonds. The second-order valence-corrected chi connectivity index (χ2v) is 9.93. The highest BCUT2D eigenvalue weighted by Gasteiger charge is 2.27. The maximum atomic E-state index is 13.6. The van der Waals surface area contributed by atoms with E-state index >= 15 is 0 Å². The van der Waals surface area contributed by atoms with Crippen LogP contribution in [0.5, 0.6) is 0 Å². The van der Waals surface area contributed by atoms with E-state index in [0.717, 1.165) is 45.7 Å². The number of hydrogen-bond donors (Lipinski definition) is 1. The molecule has 3 aromatic carbocycles. The third-order valence-electron chi connectivity index (χ3n) is 6.74. The number of carbonyl (C=O) groups excluding carboxylic acids is 1. The number of nitrogen functional groups attached to an aromatic ring is 1. The highest BCUT2D eigenvalue weighted by molar-refractivity contribution is 7.21. The Labute approximate surface area is 214 Å². The molecular weight excluding hydrogens is 464 g/mol. The number of nitrogens with zero attached hydrogens (tertiary/aromatic N) is 3. The third kappa shape index (κ3) is 4.10. The number of para-hydroxylation sites is 1. The second kappa shape index (κ2) is 9.47. The van der Waals surface area contributed by atoms with E-state index in [2.05, 4.69) is 47.4 Å². The molecule has 0 spiro atoms. The van der Waals surface area contributed by atoms with Crippen LogP contribution in [-0.2, 0) is 0 Å². The summed E-state index contributed by atoms with van der Waals surface area (Å²) in [4.78, 5) is 24.2. The number of carbonyl (C=O) groups is 1. The minimum atomic E-state index is -0.0107. The Kier molecular flexibility index (Phi) is 5.87. The summed E-state index contributed by atoms with van der Waals surface area (Å²) >= 11 is 1.40. The second-order valence-electron chi connectivity index (χ2n) is 8.93. The van der Waals surface area contributed by atoms with Gasteiger partial charge >= 0.3 is 0 Å². The molecule has 0 unspecified atom stereocenters. The first-order valence-corrected chi connectivity index (χ1v) is 12.9. The van der Waals surface area contributed by atoms with E-state index in [9.17, 15) is 4.79 Å². The van der Waals surface area contributed by atoms with Gasteiger partial charge in [0, 0.05) is 42.8 Å². The molecule has 36 heavy (non-hydrogen) atoms. The number of amides is 1. The Morgan fingerprint density at radius 2 is 1.36 bits per heavy atom. The van der Waals surface area contributed by atoms with Gasteiger partial charge in [-0.3, -0.25) is 4.79 Å². The van der Waals surface area contributed by atoms with Crippen molar-refractivity contribution in [3.63, 3.8) is 0 Å². The number of hydrogen-bond acceptors (Lipinski definition) is 5. The van der Waals surface area contributed by atoms with Crippen molar-refractivity contribution >= 4 is 38.8 Å². The van der Waals surface area contributed by atoms with Crippen LogP contribution in [0.15, 0.2) is 97.1 Å². The van der Waals surface area contributed by atoms with Gasteiger partial charge in [0.1, 0.15) is 9.71 Å². The molecule has 0 atom stereocenters. The lowest BCUT2D eigenvalue weighted by atomic mass is 9.99. The Balaban J connectivity index is 1.37. The van der Waals surface area contributed by atoms with Crippen molar-refractivity contribution < 1.29 is 4.79 Å². The number of aromatic nitrogens is 1. The molecule has 2 N–H and O–H groups in total. The molecule has 0 saturated carbocycles. The fourth-order valence-electron chi connectivity index (χ4n) is 4.83. The maximum absolute atomic E-state index is 13.6. The van der Waals surface area contributed by atoms with E-state index in [-0.39, 0.29) is 5.91 Å². The molecule has 6 rings (SSSR count). The topological polar surface area (TPSA) is 62.5 Å². The van der Waals surface area contributed by atoms with Crippen molar-refractivity contribution in [1.82, 2.24) is 9.88 Å². The summed E-state index contributed by atoms with van der Waals surface area (Å²) in [5.74, 6) is -0.0107. The predicted octanol–water partition coefficient (Wildman–Crippen LogP) is 6.17. The summed E-state index contributed by atoms with van der Waals surface area (Å²) in [7, 11) is 0. The molecule has 0 radical (unpaired) electrons. The molecule has 0 aliphatic carbocycles. The lowest BCUT2D eigenvalue weighted by Crippen LogP contribution is -2.48. The minimum Gasteiger partial charge on any atom is -0.397 e. The number of benzene rings is 3. The average Bonchev–Trinajstić information content (AvgIpc) is 3.30. The first-order chi connectivity index (χ1) is 17.7. The molecule has 3 heterocycles. The van der Waals surface area contributed by atoms with Crippen LogP contribution < -0.4 is 10.6 Å². The van der Waals surface area contributed by atoms with Gasteiger partial charge < -0.3 is 15.5 Å². The smallest absolute Gasteiger partial charge is 0.266 e. The number of anilines is 2. The van der Waals surface area contributed by atoms with E-state index in [1.165, 1.54) is 17.0 Å². The molecule has 5 nitrogen and oxygen atoms in total. The van der Waals surface area contributed by atoms with Crippen LogP contribution in [0.1, 0.15) is 9.67 Å². The van der Waals surface area contributed by atoms with Gasteiger partial charge in [-0.05, 0) is 29.3 Å². The Hall–Kier alpha value is -4.16. The zero-order chi connectivity index (χ0) is 24.5. The monoisotopic (exact) mass is 490 g/mol. The van der Waals surface area contributed by atoms with Crippen LogP contribution in [0.3, 0.4) is 0 Å². The van der Waals surface area contributed by atoms with E-state index in [1.54, 1.807) is 0 Å². The van der Waals surface area contributed by atoms with Crippen molar-refractivity contribution in [2.45, 2.75) is 0 Å². The van der Waals surface area contributed by atoms with E-state index in [0.29, 0.717) is 23.7 Å². The zero-order valence-electron chi connectivity index (χ0n) is 19.8. The summed E-state index contributed by atoms with van der Waals surface area (Å²) in [6.07, 6.45) is 0. The summed E-state index contributed by atoms with van der Waals surface area (Å²) in [6.45, 7) is 2.92. The molecule has 2 aromatic heterocycles. The summed E-state index contributed by atoms with van der Waals surface area (Å²) in [5.41, 5.74) is 12.4. The van der Waals surface area contributed by atoms with Crippen LogP contribution in [-0.4, -0.2) is 42.0 Å². The van der Waals surface area contributed by atoms with Crippen molar-refractivity contribution in [2.75, 3.05) is 36.8 Å². The lowest BCUT2D eigenvalue weighted by molar-refractivity contribution is 0.0752. The maximum Gasteiger partial charge on any atom is 0.266 e. The van der Waals surface area contributed by atoms with Crippen LogP contribution in [0.25, 0.3) is 32.6 Å². The number of nitrogens with two attached hydrogens (primary N) is 1. The van der Waals surface area contributed by atoms with Gasteiger partial charge in [0.2, 0.25) is 0 Å². The first kappa shape index (κ1) is 22.3. The summed E-state index contributed by atoms with van der Waals surface area (Å²) < 4.78 is 0. The molecular formula is C30H26N4OS. The van der Waals surface area contributed by atoms with Crippen molar-refractivity contribution in [2.24, 2.45) is 0 Å². The predicted molar refractivity (Wildman–Crippen MR) is 149 cm³/mol. The third-order valence-corrected chi connectivity index (χ3v) is 7.82. The molecule has 1 aliphatic rings. The molecule has 1 saturated heterocycles. The zero-order valence-corrected chi connectivity index (χ0v) is 20.6. The molecule has 178 valence electrons. The number of pyridine rings is 1. The average molecular weight is 491 g/mol. The van der Waals surface area contributed by atoms with Crippen LogP contribution in [0.4, 0.5) is 11.4 Å². The van der Waals surface area contributed by atoms with Crippen LogP contribution >= 0.6 is 11.3 Å². The standard InChI is InChI=1S/C30H26N4OS/c31-27-26-24(21-10-4-1-5-11-21)20-25(22-12-6-2-7-13-22)32-29(26)36-28(27)30(35)34-18-16-33(17-19-34)23-14-8-3-9-15-23/h1-15,20H,16-19,31H2. The molecule has 6 heteroatoms. The minimum absolute atomic E-state index is 0.0107. The number of thiophene rings is 1. The first-order valence-electron chi connectivity index (χ1n) is 12.1. The van der Waals surface area contributed by atoms with Gasteiger partial charge in [0.05, 0.1) is 11.4 Å². The van der Waals surface area contributed by atoms with Crippen molar-refractivity contribution in [3.05, 3.63) is 102 Å². The van der Waals surface area contributed by atoms with Gasteiger partial charge in [-0.1, -0.05) is 78.9 Å². The van der Waals surface area contributed by atoms with Gasteiger partial charge in [-0.15, -0.1) is 11.3 Å². The molecule has 5 aromatic rings. The largest absolute Gasteiger partial charge is 0.397 e. The Bertz CT molecular complexity index is 1510. The molecule has 1 fully saturated rings. The van der Waals surface area contributed by atoms with Gasteiger partial charge in [0.25, 0.3) is 5.91 Å². The van der Waals surface area contributed by atoms with Gasteiger partial charge in [-0.25, -0.2) is 4.98 Å². The Morgan fingerprint density at radius 1 is 0.778 bits per heavy atom. The van der Waals surface area contributed by atoms with Gasteiger partial charge in [-0.2, -0.15) is 0 Å².